The van der Waals surface area contributed by atoms with Crippen LogP contribution in [0, 0.1) is 13.8 Å². The van der Waals surface area contributed by atoms with E-state index in [0.717, 1.165) is 41.8 Å². The van der Waals surface area contributed by atoms with Crippen LogP contribution in [0.5, 0.6) is 0 Å². The number of nitrogens with two attached hydrogens (primary N) is 1. The number of rotatable bonds is 6. The number of benzene rings is 1. The lowest BCUT2D eigenvalue weighted by Gasteiger charge is -2.52. The second-order valence-corrected chi connectivity index (χ2v) is 8.49. The quantitative estimate of drug-likeness (QED) is 0.663. The molecule has 4 nitrogen and oxygen atoms in total. The van der Waals surface area contributed by atoms with E-state index in [4.69, 9.17) is 18.4 Å². The van der Waals surface area contributed by atoms with Crippen molar-refractivity contribution in [1.29, 1.82) is 0 Å². The zero-order chi connectivity index (χ0) is 18.6. The van der Waals surface area contributed by atoms with Gasteiger partial charge in [0.05, 0.1) is 6.04 Å². The van der Waals surface area contributed by atoms with Crippen molar-refractivity contribution < 1.29 is 4.79 Å². The molecule has 1 saturated heterocycles. The van der Waals surface area contributed by atoms with E-state index in [0.29, 0.717) is 6.54 Å². The first kappa shape index (κ1) is 20.6. The van der Waals surface area contributed by atoms with Gasteiger partial charge in [-0.1, -0.05) is 19.1 Å². The molecule has 3 atom stereocenters. The molecule has 1 fully saturated rings. The Kier molecular flexibility index (Phi) is 7.26. The lowest BCUT2D eigenvalue weighted by atomic mass is 9.88. The summed E-state index contributed by atoms with van der Waals surface area (Å²) in [4.78, 5) is 15.3. The second-order valence-electron chi connectivity index (χ2n) is 6.85. The lowest BCUT2D eigenvalue weighted by Crippen LogP contribution is -2.75. The molecule has 1 amide bonds. The van der Waals surface area contributed by atoms with E-state index in [1.165, 1.54) is 0 Å². The van der Waals surface area contributed by atoms with E-state index < -0.39 is 5.66 Å². The van der Waals surface area contributed by atoms with Crippen LogP contribution >= 0.6 is 24.4 Å². The molecule has 0 saturated carbocycles. The van der Waals surface area contributed by atoms with E-state index >= 15 is 0 Å². The SMILES string of the molecule is CCC(S)C1NCCN(C(=O)c2cccc(C)c2C)C1(N)CCSC. The third-order valence-electron chi connectivity index (χ3n) is 5.33. The number of aryl methyl sites for hydroxylation is 1. The maximum absolute atomic E-state index is 13.4. The fourth-order valence-electron chi connectivity index (χ4n) is 3.56. The first-order valence-corrected chi connectivity index (χ1v) is 10.8. The van der Waals surface area contributed by atoms with E-state index in [-0.39, 0.29) is 17.2 Å². The maximum atomic E-state index is 13.4. The van der Waals surface area contributed by atoms with Gasteiger partial charge < -0.3 is 16.0 Å². The highest BCUT2D eigenvalue weighted by Gasteiger charge is 2.47. The van der Waals surface area contributed by atoms with Gasteiger partial charge in [0, 0.05) is 23.9 Å². The Balaban J connectivity index is 2.41. The first-order chi connectivity index (χ1) is 11.9. The molecule has 1 aromatic carbocycles. The number of thioether (sulfide) groups is 1. The standard InChI is InChI=1S/C19H31N3OS2/c1-5-16(24)17-19(20,9-12-25-4)22(11-10-21-17)18(23)15-8-6-7-13(2)14(15)3/h6-8,16-17,21,24H,5,9-12,20H2,1-4H3. The summed E-state index contributed by atoms with van der Waals surface area (Å²) in [5.41, 5.74) is 9.11. The molecular formula is C19H31N3OS2. The van der Waals surface area contributed by atoms with E-state index in [1.807, 2.05) is 36.9 Å². The monoisotopic (exact) mass is 381 g/mol. The maximum Gasteiger partial charge on any atom is 0.255 e. The number of hydrogen-bond donors (Lipinski definition) is 3. The highest BCUT2D eigenvalue weighted by molar-refractivity contribution is 7.98. The topological polar surface area (TPSA) is 58.4 Å². The number of carbonyl (C=O) groups is 1. The fourth-order valence-corrected chi connectivity index (χ4v) is 4.46. The number of amides is 1. The summed E-state index contributed by atoms with van der Waals surface area (Å²) in [6.45, 7) is 7.53. The molecule has 0 aromatic heterocycles. The Morgan fingerprint density at radius 2 is 2.24 bits per heavy atom. The molecule has 1 aliphatic heterocycles. The summed E-state index contributed by atoms with van der Waals surface area (Å²) in [5.74, 6) is 0.947. The molecule has 1 heterocycles. The van der Waals surface area contributed by atoms with Crippen molar-refractivity contribution in [2.45, 2.75) is 50.6 Å². The van der Waals surface area contributed by atoms with Gasteiger partial charge in [-0.15, -0.1) is 0 Å². The van der Waals surface area contributed by atoms with E-state index in [1.54, 1.807) is 11.8 Å². The summed E-state index contributed by atoms with van der Waals surface area (Å²) in [6.07, 6.45) is 3.73. The summed E-state index contributed by atoms with van der Waals surface area (Å²) >= 11 is 6.51. The predicted octanol–water partition coefficient (Wildman–Crippen LogP) is 2.83. The van der Waals surface area contributed by atoms with Crippen LogP contribution in [0.4, 0.5) is 0 Å². The van der Waals surface area contributed by atoms with Gasteiger partial charge in [0.2, 0.25) is 0 Å². The summed E-state index contributed by atoms with van der Waals surface area (Å²) in [7, 11) is 0. The normalized spacial score (nSPS) is 25.0. The van der Waals surface area contributed by atoms with Crippen LogP contribution in [0.15, 0.2) is 18.2 Å². The van der Waals surface area contributed by atoms with Crippen molar-refractivity contribution in [1.82, 2.24) is 10.2 Å². The molecule has 3 unspecified atom stereocenters. The van der Waals surface area contributed by atoms with Crippen molar-refractivity contribution in [3.63, 3.8) is 0 Å². The molecule has 140 valence electrons. The largest absolute Gasteiger partial charge is 0.318 e. The van der Waals surface area contributed by atoms with Gasteiger partial charge in [-0.05, 0) is 55.9 Å². The zero-order valence-electron chi connectivity index (χ0n) is 15.7. The van der Waals surface area contributed by atoms with Crippen LogP contribution in [0.1, 0.15) is 41.3 Å². The van der Waals surface area contributed by atoms with Crippen molar-refractivity contribution in [3.05, 3.63) is 34.9 Å². The highest BCUT2D eigenvalue weighted by atomic mass is 32.2. The van der Waals surface area contributed by atoms with Crippen LogP contribution in [0.25, 0.3) is 0 Å². The number of piperazine rings is 1. The van der Waals surface area contributed by atoms with Crippen LogP contribution in [0.2, 0.25) is 0 Å². The molecule has 0 spiro atoms. The van der Waals surface area contributed by atoms with Gasteiger partial charge in [0.1, 0.15) is 5.66 Å². The molecule has 0 radical (unpaired) electrons. The third kappa shape index (κ3) is 4.18. The lowest BCUT2D eigenvalue weighted by molar-refractivity contribution is 0.0179. The van der Waals surface area contributed by atoms with Gasteiger partial charge >= 0.3 is 0 Å². The molecule has 2 rings (SSSR count). The number of carbonyl (C=O) groups excluding carboxylic acids is 1. The fraction of sp³-hybridized carbons (Fsp3) is 0.632. The van der Waals surface area contributed by atoms with Crippen molar-refractivity contribution in [2.24, 2.45) is 5.73 Å². The smallest absolute Gasteiger partial charge is 0.255 e. The van der Waals surface area contributed by atoms with Crippen LogP contribution < -0.4 is 11.1 Å². The van der Waals surface area contributed by atoms with Crippen molar-refractivity contribution >= 4 is 30.3 Å². The number of nitrogens with zero attached hydrogens (tertiary/aromatic N) is 1. The van der Waals surface area contributed by atoms with E-state index in [2.05, 4.69) is 18.5 Å². The van der Waals surface area contributed by atoms with Crippen LogP contribution in [-0.4, -0.2) is 52.9 Å². The minimum absolute atomic E-state index is 0.0178. The number of nitrogens with one attached hydrogen (secondary N) is 1. The molecule has 6 heteroatoms. The Morgan fingerprint density at radius 1 is 1.52 bits per heavy atom. The van der Waals surface area contributed by atoms with Gasteiger partial charge in [-0.25, -0.2) is 0 Å². The molecule has 25 heavy (non-hydrogen) atoms. The second kappa shape index (κ2) is 8.80. The molecule has 0 aliphatic carbocycles. The summed E-state index contributed by atoms with van der Waals surface area (Å²) in [6, 6.07) is 5.88. The number of thiol groups is 1. The van der Waals surface area contributed by atoms with Gasteiger partial charge in [-0.3, -0.25) is 4.79 Å². The van der Waals surface area contributed by atoms with Crippen molar-refractivity contribution in [3.8, 4) is 0 Å². The first-order valence-electron chi connectivity index (χ1n) is 8.94. The Morgan fingerprint density at radius 3 is 2.88 bits per heavy atom. The molecule has 1 aromatic rings. The van der Waals surface area contributed by atoms with Gasteiger partial charge in [-0.2, -0.15) is 24.4 Å². The molecular weight excluding hydrogens is 350 g/mol. The highest BCUT2D eigenvalue weighted by Crippen LogP contribution is 2.30. The minimum atomic E-state index is -0.725. The zero-order valence-corrected chi connectivity index (χ0v) is 17.4. The summed E-state index contributed by atoms with van der Waals surface area (Å²) in [5, 5.41) is 3.64. The Labute approximate surface area is 161 Å². The van der Waals surface area contributed by atoms with Gasteiger partial charge in [0.25, 0.3) is 5.91 Å². The third-order valence-corrected chi connectivity index (χ3v) is 6.61. The average Bonchev–Trinajstić information content (AvgIpc) is 2.61. The van der Waals surface area contributed by atoms with Crippen LogP contribution in [0.3, 0.4) is 0 Å². The van der Waals surface area contributed by atoms with Crippen molar-refractivity contribution in [2.75, 3.05) is 25.1 Å². The molecule has 0 bridgehead atoms. The summed E-state index contributed by atoms with van der Waals surface area (Å²) < 4.78 is 0. The number of hydrogen-bond acceptors (Lipinski definition) is 5. The van der Waals surface area contributed by atoms with E-state index in [9.17, 15) is 4.79 Å². The molecule has 3 N–H and O–H groups in total. The van der Waals surface area contributed by atoms with Gasteiger partial charge in [0.15, 0.2) is 0 Å². The molecule has 1 aliphatic rings. The Bertz CT molecular complexity index is 610. The average molecular weight is 382 g/mol. The predicted molar refractivity (Wildman–Crippen MR) is 112 cm³/mol. The van der Waals surface area contributed by atoms with Crippen LogP contribution in [-0.2, 0) is 0 Å². The minimum Gasteiger partial charge on any atom is -0.318 e. The Hall–Kier alpha value is -0.690.